The fraction of sp³-hybridized carbons (Fsp3) is 0.250. The molecule has 0 fully saturated rings. The molecule has 0 aliphatic carbocycles. The summed E-state index contributed by atoms with van der Waals surface area (Å²) < 4.78 is 25.7. The standard InChI is InChI=1S/C24H22Cl2FN7O2/c1-35-6-7-36-5-4-34-14-18(32-33-34)13-29-17-8-19-23(31-16-2-3-22(27)20(25)9-16)15(11-28)12-30-24(19)21(26)10-17/h2-3,8-10,12,14,29H,4-7,13H2,1H3,(H,30,31). The van der Waals surface area contributed by atoms with Gasteiger partial charge in [0.15, 0.2) is 0 Å². The minimum atomic E-state index is -0.535. The van der Waals surface area contributed by atoms with E-state index in [0.717, 1.165) is 5.69 Å². The number of anilines is 3. The number of hydrogen-bond acceptors (Lipinski definition) is 8. The second-order valence-electron chi connectivity index (χ2n) is 7.70. The summed E-state index contributed by atoms with van der Waals surface area (Å²) in [6.45, 7) is 2.54. The van der Waals surface area contributed by atoms with Gasteiger partial charge in [0, 0.05) is 30.1 Å². The van der Waals surface area contributed by atoms with Crippen LogP contribution in [0.15, 0.2) is 42.7 Å². The molecular weight excluding hydrogens is 508 g/mol. The van der Waals surface area contributed by atoms with Crippen molar-refractivity contribution in [2.24, 2.45) is 0 Å². The lowest BCUT2D eigenvalue weighted by Gasteiger charge is -2.14. The summed E-state index contributed by atoms with van der Waals surface area (Å²) in [7, 11) is 1.63. The average molecular weight is 530 g/mol. The first-order valence-corrected chi connectivity index (χ1v) is 11.7. The molecule has 0 aliphatic heterocycles. The van der Waals surface area contributed by atoms with Gasteiger partial charge < -0.3 is 20.1 Å². The Bertz CT molecular complexity index is 1410. The first kappa shape index (κ1) is 25.6. The monoisotopic (exact) mass is 529 g/mol. The Labute approximate surface area is 216 Å². The molecule has 0 amide bonds. The zero-order valence-corrected chi connectivity index (χ0v) is 20.8. The Balaban J connectivity index is 1.53. The van der Waals surface area contributed by atoms with Crippen LogP contribution in [0.2, 0.25) is 10.0 Å². The topological polar surface area (TPSA) is 110 Å². The van der Waals surface area contributed by atoms with Crippen LogP contribution in [-0.4, -0.2) is 46.9 Å². The SMILES string of the molecule is COCCOCCn1cc(CNc2cc(Cl)c3ncc(C#N)c(Nc4ccc(F)c(Cl)c4)c3c2)nn1. The minimum absolute atomic E-state index is 0.0353. The molecule has 36 heavy (non-hydrogen) atoms. The van der Waals surface area contributed by atoms with E-state index >= 15 is 0 Å². The average Bonchev–Trinajstić information content (AvgIpc) is 3.33. The van der Waals surface area contributed by atoms with Crippen LogP contribution < -0.4 is 10.6 Å². The summed E-state index contributed by atoms with van der Waals surface area (Å²) in [6.07, 6.45) is 3.27. The zero-order valence-electron chi connectivity index (χ0n) is 19.3. The number of aromatic nitrogens is 4. The lowest BCUT2D eigenvalue weighted by Crippen LogP contribution is -2.09. The number of rotatable bonds is 11. The number of nitrogens with zero attached hydrogens (tertiary/aromatic N) is 5. The molecule has 9 nitrogen and oxygen atoms in total. The predicted molar refractivity (Wildman–Crippen MR) is 136 cm³/mol. The number of hydrogen-bond donors (Lipinski definition) is 2. The van der Waals surface area contributed by atoms with E-state index < -0.39 is 5.82 Å². The van der Waals surface area contributed by atoms with Crippen LogP contribution in [0, 0.1) is 17.1 Å². The lowest BCUT2D eigenvalue weighted by molar-refractivity contribution is 0.0652. The molecule has 4 rings (SSSR count). The summed E-state index contributed by atoms with van der Waals surface area (Å²) in [4.78, 5) is 4.34. The normalized spacial score (nSPS) is 11.0. The first-order chi connectivity index (χ1) is 17.5. The van der Waals surface area contributed by atoms with E-state index in [1.54, 1.807) is 17.9 Å². The minimum Gasteiger partial charge on any atom is -0.382 e. The highest BCUT2D eigenvalue weighted by Gasteiger charge is 2.14. The Morgan fingerprint density at radius 2 is 1.94 bits per heavy atom. The molecule has 4 aromatic rings. The number of halogens is 3. The summed E-state index contributed by atoms with van der Waals surface area (Å²) in [5.74, 6) is -0.535. The molecule has 2 aromatic heterocycles. The molecule has 0 saturated carbocycles. The molecule has 0 aliphatic rings. The fourth-order valence-electron chi connectivity index (χ4n) is 3.42. The Hall–Kier alpha value is -3.49. The van der Waals surface area contributed by atoms with Crippen LogP contribution in [0.3, 0.4) is 0 Å². The van der Waals surface area contributed by atoms with Gasteiger partial charge in [-0.05, 0) is 30.3 Å². The van der Waals surface area contributed by atoms with Crippen LogP contribution in [0.4, 0.5) is 21.5 Å². The Morgan fingerprint density at radius 1 is 1.11 bits per heavy atom. The van der Waals surface area contributed by atoms with E-state index in [1.807, 2.05) is 12.3 Å². The van der Waals surface area contributed by atoms with Crippen molar-refractivity contribution >= 4 is 51.2 Å². The van der Waals surface area contributed by atoms with Gasteiger partial charge >= 0.3 is 0 Å². The maximum absolute atomic E-state index is 13.6. The van der Waals surface area contributed by atoms with Crippen molar-refractivity contribution in [1.82, 2.24) is 20.0 Å². The van der Waals surface area contributed by atoms with Gasteiger partial charge in [0.25, 0.3) is 0 Å². The molecule has 2 aromatic carbocycles. The fourth-order valence-corrected chi connectivity index (χ4v) is 3.87. The van der Waals surface area contributed by atoms with Crippen LogP contribution >= 0.6 is 23.2 Å². The summed E-state index contributed by atoms with van der Waals surface area (Å²) in [6, 6.07) is 9.93. The predicted octanol–water partition coefficient (Wildman–Crippen LogP) is 5.16. The first-order valence-electron chi connectivity index (χ1n) is 10.9. The second-order valence-corrected chi connectivity index (χ2v) is 8.51. The molecule has 0 bridgehead atoms. The smallest absolute Gasteiger partial charge is 0.141 e. The van der Waals surface area contributed by atoms with Crippen LogP contribution in [0.1, 0.15) is 11.3 Å². The van der Waals surface area contributed by atoms with Crippen molar-refractivity contribution in [3.63, 3.8) is 0 Å². The third-order valence-electron chi connectivity index (χ3n) is 5.19. The molecule has 0 atom stereocenters. The summed E-state index contributed by atoms with van der Waals surface area (Å²) in [5.41, 5.74) is 3.23. The van der Waals surface area contributed by atoms with Gasteiger partial charge in [-0.2, -0.15) is 5.26 Å². The third kappa shape index (κ3) is 6.19. The maximum atomic E-state index is 13.6. The quantitative estimate of drug-likeness (QED) is 0.256. The molecule has 0 spiro atoms. The Morgan fingerprint density at radius 3 is 2.72 bits per heavy atom. The maximum Gasteiger partial charge on any atom is 0.141 e. The van der Waals surface area contributed by atoms with Gasteiger partial charge in [-0.3, -0.25) is 4.98 Å². The van der Waals surface area contributed by atoms with E-state index in [0.29, 0.717) is 71.5 Å². The highest BCUT2D eigenvalue weighted by molar-refractivity contribution is 6.36. The third-order valence-corrected chi connectivity index (χ3v) is 5.77. The number of nitriles is 1. The van der Waals surface area contributed by atoms with Gasteiger partial charge in [0.1, 0.15) is 17.6 Å². The molecule has 186 valence electrons. The number of fused-ring (bicyclic) bond motifs is 1. The van der Waals surface area contributed by atoms with Gasteiger partial charge in [-0.1, -0.05) is 28.4 Å². The van der Waals surface area contributed by atoms with Crippen molar-refractivity contribution < 1.29 is 13.9 Å². The summed E-state index contributed by atoms with van der Waals surface area (Å²) >= 11 is 12.4. The number of ether oxygens (including phenoxy) is 2. The van der Waals surface area contributed by atoms with Crippen molar-refractivity contribution in [2.75, 3.05) is 37.6 Å². The highest BCUT2D eigenvalue weighted by atomic mass is 35.5. The largest absolute Gasteiger partial charge is 0.382 e. The van der Waals surface area contributed by atoms with Crippen LogP contribution in [0.5, 0.6) is 0 Å². The van der Waals surface area contributed by atoms with E-state index in [-0.39, 0.29) is 5.02 Å². The molecular formula is C24H22Cl2FN7O2. The van der Waals surface area contributed by atoms with Crippen molar-refractivity contribution in [3.05, 3.63) is 69.8 Å². The number of nitrogens with one attached hydrogen (secondary N) is 2. The molecule has 0 radical (unpaired) electrons. The van der Waals surface area contributed by atoms with Gasteiger partial charge in [-0.25, -0.2) is 9.07 Å². The Kier molecular flexibility index (Phi) is 8.51. The molecule has 12 heteroatoms. The number of benzene rings is 2. The van der Waals surface area contributed by atoms with Gasteiger partial charge in [0.05, 0.1) is 65.9 Å². The van der Waals surface area contributed by atoms with E-state index in [9.17, 15) is 9.65 Å². The van der Waals surface area contributed by atoms with Crippen molar-refractivity contribution in [3.8, 4) is 6.07 Å². The summed E-state index contributed by atoms with van der Waals surface area (Å²) in [5, 5.41) is 25.3. The zero-order chi connectivity index (χ0) is 25.5. The van der Waals surface area contributed by atoms with Gasteiger partial charge in [0.2, 0.25) is 0 Å². The molecule has 2 heterocycles. The number of methoxy groups -OCH3 is 1. The van der Waals surface area contributed by atoms with Gasteiger partial charge in [-0.15, -0.1) is 5.10 Å². The molecule has 0 unspecified atom stereocenters. The van der Waals surface area contributed by atoms with E-state index in [1.165, 1.54) is 24.4 Å². The van der Waals surface area contributed by atoms with Crippen LogP contribution in [-0.2, 0) is 22.6 Å². The second kappa shape index (κ2) is 12.0. The van der Waals surface area contributed by atoms with Crippen LogP contribution in [0.25, 0.3) is 10.9 Å². The van der Waals surface area contributed by atoms with Crippen molar-refractivity contribution in [1.29, 1.82) is 5.26 Å². The van der Waals surface area contributed by atoms with E-state index in [4.69, 9.17) is 32.7 Å². The van der Waals surface area contributed by atoms with E-state index in [2.05, 4.69) is 32.0 Å². The molecule has 0 saturated heterocycles. The molecule has 2 N–H and O–H groups in total. The van der Waals surface area contributed by atoms with Crippen molar-refractivity contribution in [2.45, 2.75) is 13.1 Å². The lowest BCUT2D eigenvalue weighted by atomic mass is 10.1. The highest BCUT2D eigenvalue weighted by Crippen LogP contribution is 2.35. The number of pyridine rings is 1.